The fourth-order valence-electron chi connectivity index (χ4n) is 3.73. The molecule has 1 aliphatic carbocycles. The fraction of sp³-hybridized carbons (Fsp3) is 0.933. The Morgan fingerprint density at radius 3 is 2.53 bits per heavy atom. The van der Waals surface area contributed by atoms with Crippen LogP contribution >= 0.6 is 0 Å². The molecule has 1 heterocycles. The summed E-state index contributed by atoms with van der Waals surface area (Å²) in [5.41, 5.74) is 0. The third-order valence-electron chi connectivity index (χ3n) is 4.68. The van der Waals surface area contributed by atoms with E-state index in [-0.39, 0.29) is 24.1 Å². The van der Waals surface area contributed by atoms with Gasteiger partial charge in [0.15, 0.2) is 0 Å². The van der Waals surface area contributed by atoms with Crippen LogP contribution < -0.4 is 5.32 Å². The molecule has 0 aromatic rings. The van der Waals surface area contributed by atoms with Crippen LogP contribution in [0.1, 0.15) is 52.9 Å². The van der Waals surface area contributed by atoms with E-state index < -0.39 is 0 Å². The number of nitrogens with zero attached hydrogens (tertiary/aromatic N) is 1. The van der Waals surface area contributed by atoms with E-state index in [2.05, 4.69) is 10.2 Å². The van der Waals surface area contributed by atoms with Gasteiger partial charge in [-0.1, -0.05) is 6.42 Å². The number of aliphatic hydroxyl groups is 1. The van der Waals surface area contributed by atoms with Gasteiger partial charge in [0.25, 0.3) is 0 Å². The summed E-state index contributed by atoms with van der Waals surface area (Å²) in [6.07, 6.45) is 5.28. The lowest BCUT2D eigenvalue weighted by atomic mass is 9.93. The van der Waals surface area contributed by atoms with E-state index in [0.29, 0.717) is 12.0 Å². The molecule has 0 bridgehead atoms. The van der Waals surface area contributed by atoms with E-state index >= 15 is 0 Å². The summed E-state index contributed by atoms with van der Waals surface area (Å²) in [5, 5.41) is 13.1. The number of likely N-dealkylation sites (tertiary alicyclic amines) is 1. The first kappa shape index (κ1) is 14.8. The van der Waals surface area contributed by atoms with Gasteiger partial charge in [-0.25, -0.2) is 0 Å². The van der Waals surface area contributed by atoms with Gasteiger partial charge < -0.3 is 10.4 Å². The van der Waals surface area contributed by atoms with Gasteiger partial charge in [-0.15, -0.1) is 0 Å². The van der Waals surface area contributed by atoms with Crippen molar-refractivity contribution in [1.29, 1.82) is 0 Å². The van der Waals surface area contributed by atoms with Crippen molar-refractivity contribution in [2.24, 2.45) is 5.92 Å². The van der Waals surface area contributed by atoms with Gasteiger partial charge in [-0.05, 0) is 53.0 Å². The monoisotopic (exact) mass is 268 g/mol. The molecule has 2 aliphatic rings. The van der Waals surface area contributed by atoms with Gasteiger partial charge in [0.05, 0.1) is 12.1 Å². The number of amides is 1. The molecule has 4 unspecified atom stereocenters. The first-order chi connectivity index (χ1) is 9.00. The Balaban J connectivity index is 1.99. The van der Waals surface area contributed by atoms with Gasteiger partial charge in [0, 0.05) is 18.0 Å². The molecule has 0 spiro atoms. The number of carbonyl (C=O) groups is 1. The number of carbonyl (C=O) groups excluding carboxylic acids is 1. The second-order valence-electron chi connectivity index (χ2n) is 6.45. The Hall–Kier alpha value is -0.610. The van der Waals surface area contributed by atoms with Crippen LogP contribution in [0.15, 0.2) is 0 Å². The van der Waals surface area contributed by atoms with Crippen LogP contribution in [0.25, 0.3) is 0 Å². The molecule has 4 heteroatoms. The van der Waals surface area contributed by atoms with Crippen LogP contribution in [-0.4, -0.2) is 46.7 Å². The third kappa shape index (κ3) is 3.29. The summed E-state index contributed by atoms with van der Waals surface area (Å²) in [4.78, 5) is 14.5. The average Bonchev–Trinajstić information content (AvgIpc) is 2.94. The molecule has 110 valence electrons. The van der Waals surface area contributed by atoms with E-state index in [1.165, 1.54) is 0 Å². The Labute approximate surface area is 116 Å². The zero-order valence-electron chi connectivity index (χ0n) is 12.4. The van der Waals surface area contributed by atoms with Crippen LogP contribution in [0, 0.1) is 5.92 Å². The molecular formula is C15H28N2O2. The van der Waals surface area contributed by atoms with Crippen molar-refractivity contribution >= 4 is 5.91 Å². The predicted molar refractivity (Wildman–Crippen MR) is 75.8 cm³/mol. The number of hydrogen-bond acceptors (Lipinski definition) is 3. The van der Waals surface area contributed by atoms with Gasteiger partial charge in [-0.3, -0.25) is 9.69 Å². The maximum Gasteiger partial charge on any atom is 0.237 e. The molecule has 1 saturated heterocycles. The minimum atomic E-state index is -0.161. The lowest BCUT2D eigenvalue weighted by Crippen LogP contribution is -2.51. The third-order valence-corrected chi connectivity index (χ3v) is 4.68. The molecule has 4 nitrogen and oxygen atoms in total. The molecule has 0 aromatic heterocycles. The van der Waals surface area contributed by atoms with Crippen molar-refractivity contribution in [2.45, 2.75) is 77.1 Å². The molecule has 2 N–H and O–H groups in total. The molecule has 1 aliphatic heterocycles. The van der Waals surface area contributed by atoms with Gasteiger partial charge in [0.2, 0.25) is 5.91 Å². The Bertz CT molecular complexity index is 319. The summed E-state index contributed by atoms with van der Waals surface area (Å²) in [7, 11) is 0. The fourth-order valence-corrected chi connectivity index (χ4v) is 3.73. The van der Waals surface area contributed by atoms with Crippen molar-refractivity contribution in [2.75, 3.05) is 6.54 Å². The summed E-state index contributed by atoms with van der Waals surface area (Å²) in [6.45, 7) is 6.97. The minimum absolute atomic E-state index is 0.0808. The highest BCUT2D eigenvalue weighted by Gasteiger charge is 2.41. The standard InChI is InChI=1S/C15H28N2O2/c1-10(2)16-15(19)11(3)17-9-5-7-13(17)12-6-4-8-14(12)18/h10-14,18H,4-9H2,1-3H3,(H,16,19). The van der Waals surface area contributed by atoms with Crippen molar-refractivity contribution < 1.29 is 9.90 Å². The predicted octanol–water partition coefficient (Wildman–Crippen LogP) is 1.52. The number of hydrogen-bond donors (Lipinski definition) is 2. The summed E-state index contributed by atoms with van der Waals surface area (Å²) in [6, 6.07) is 0.501. The highest BCUT2D eigenvalue weighted by molar-refractivity contribution is 5.81. The largest absolute Gasteiger partial charge is 0.393 e. The normalized spacial score (nSPS) is 33.8. The van der Waals surface area contributed by atoms with E-state index in [0.717, 1.165) is 38.6 Å². The maximum atomic E-state index is 12.2. The Kier molecular flexibility index (Phi) is 4.85. The summed E-state index contributed by atoms with van der Waals surface area (Å²) < 4.78 is 0. The van der Waals surface area contributed by atoms with Crippen LogP contribution in [0.3, 0.4) is 0 Å². The van der Waals surface area contributed by atoms with Gasteiger partial charge in [0.1, 0.15) is 0 Å². The quantitative estimate of drug-likeness (QED) is 0.813. The van der Waals surface area contributed by atoms with Gasteiger partial charge >= 0.3 is 0 Å². The second kappa shape index (κ2) is 6.23. The topological polar surface area (TPSA) is 52.6 Å². The van der Waals surface area contributed by atoms with E-state index in [9.17, 15) is 9.90 Å². The molecule has 19 heavy (non-hydrogen) atoms. The van der Waals surface area contributed by atoms with Gasteiger partial charge in [-0.2, -0.15) is 0 Å². The molecule has 2 rings (SSSR count). The molecule has 1 amide bonds. The maximum absolute atomic E-state index is 12.2. The molecule has 2 fully saturated rings. The van der Waals surface area contributed by atoms with Crippen molar-refractivity contribution in [1.82, 2.24) is 10.2 Å². The number of nitrogens with one attached hydrogen (secondary N) is 1. The number of rotatable bonds is 4. The first-order valence-corrected chi connectivity index (χ1v) is 7.75. The molecule has 4 atom stereocenters. The Morgan fingerprint density at radius 2 is 1.95 bits per heavy atom. The van der Waals surface area contributed by atoms with E-state index in [4.69, 9.17) is 0 Å². The van der Waals surface area contributed by atoms with E-state index in [1.807, 2.05) is 20.8 Å². The number of aliphatic hydroxyl groups excluding tert-OH is 1. The second-order valence-corrected chi connectivity index (χ2v) is 6.45. The SMILES string of the molecule is CC(C)NC(=O)C(C)N1CCCC1C1CCCC1O. The minimum Gasteiger partial charge on any atom is -0.393 e. The highest BCUT2D eigenvalue weighted by atomic mass is 16.3. The molecule has 0 aromatic carbocycles. The smallest absolute Gasteiger partial charge is 0.237 e. The van der Waals surface area contributed by atoms with E-state index in [1.54, 1.807) is 0 Å². The Morgan fingerprint density at radius 1 is 1.21 bits per heavy atom. The lowest BCUT2D eigenvalue weighted by Gasteiger charge is -2.35. The van der Waals surface area contributed by atoms with Crippen molar-refractivity contribution in [3.05, 3.63) is 0 Å². The zero-order chi connectivity index (χ0) is 14.0. The highest BCUT2D eigenvalue weighted by Crippen LogP contribution is 2.36. The lowest BCUT2D eigenvalue weighted by molar-refractivity contribution is -0.127. The summed E-state index contributed by atoms with van der Waals surface area (Å²) >= 11 is 0. The van der Waals surface area contributed by atoms with Crippen molar-refractivity contribution in [3.63, 3.8) is 0 Å². The molecule has 1 saturated carbocycles. The van der Waals surface area contributed by atoms with Crippen LogP contribution in [0.4, 0.5) is 0 Å². The molecule has 0 radical (unpaired) electrons. The average molecular weight is 268 g/mol. The van der Waals surface area contributed by atoms with Crippen LogP contribution in [-0.2, 0) is 4.79 Å². The van der Waals surface area contributed by atoms with Crippen molar-refractivity contribution in [3.8, 4) is 0 Å². The molecular weight excluding hydrogens is 240 g/mol. The van der Waals surface area contributed by atoms with Crippen LogP contribution in [0.5, 0.6) is 0 Å². The van der Waals surface area contributed by atoms with Crippen LogP contribution in [0.2, 0.25) is 0 Å². The zero-order valence-corrected chi connectivity index (χ0v) is 12.4. The summed E-state index contributed by atoms with van der Waals surface area (Å²) in [5.74, 6) is 0.492. The first-order valence-electron chi connectivity index (χ1n) is 7.75.